The molecular formula is C13H14BrNS. The topological polar surface area (TPSA) is 26.0 Å². The molecule has 0 saturated carbocycles. The lowest BCUT2D eigenvalue weighted by molar-refractivity contribution is 0.723. The zero-order valence-corrected chi connectivity index (χ0v) is 11.5. The molecule has 2 rings (SSSR count). The number of rotatable bonds is 3. The number of hydrogen-bond acceptors (Lipinski definition) is 2. The lowest BCUT2D eigenvalue weighted by Gasteiger charge is -2.12. The van der Waals surface area contributed by atoms with Crippen LogP contribution in [0.15, 0.2) is 39.5 Å². The van der Waals surface area contributed by atoms with E-state index in [1.54, 1.807) is 11.3 Å². The van der Waals surface area contributed by atoms with Crippen molar-refractivity contribution in [1.82, 2.24) is 0 Å². The fourth-order valence-electron chi connectivity index (χ4n) is 1.62. The van der Waals surface area contributed by atoms with Gasteiger partial charge in [0.25, 0.3) is 0 Å². The molecule has 16 heavy (non-hydrogen) atoms. The number of hydrogen-bond donors (Lipinski definition) is 1. The quantitative estimate of drug-likeness (QED) is 0.908. The molecule has 0 saturated heterocycles. The Hall–Kier alpha value is -0.640. The average Bonchev–Trinajstić information content (AvgIpc) is 2.74. The predicted molar refractivity (Wildman–Crippen MR) is 73.8 cm³/mol. The summed E-state index contributed by atoms with van der Waals surface area (Å²) in [4.78, 5) is 0. The minimum Gasteiger partial charge on any atom is -0.324 e. The predicted octanol–water partition coefficient (Wildman–Crippen LogP) is 4.06. The van der Waals surface area contributed by atoms with Crippen molar-refractivity contribution < 1.29 is 0 Å². The molecule has 0 aliphatic rings. The van der Waals surface area contributed by atoms with Crippen molar-refractivity contribution in [3.8, 4) is 0 Å². The summed E-state index contributed by atoms with van der Waals surface area (Å²) in [7, 11) is 0. The van der Waals surface area contributed by atoms with Crippen LogP contribution in [0.25, 0.3) is 0 Å². The first-order valence-electron chi connectivity index (χ1n) is 5.19. The van der Waals surface area contributed by atoms with Crippen molar-refractivity contribution in [1.29, 1.82) is 0 Å². The third-order valence-corrected chi connectivity index (χ3v) is 4.25. The molecule has 1 aromatic carbocycles. The van der Waals surface area contributed by atoms with Crippen LogP contribution in [-0.2, 0) is 6.42 Å². The summed E-state index contributed by atoms with van der Waals surface area (Å²) in [6, 6.07) is 8.54. The largest absolute Gasteiger partial charge is 0.324 e. The smallest absolute Gasteiger partial charge is 0.0336 e. The molecule has 0 spiro atoms. The van der Waals surface area contributed by atoms with Crippen LogP contribution >= 0.6 is 27.3 Å². The maximum absolute atomic E-state index is 6.19. The lowest BCUT2D eigenvalue weighted by Crippen LogP contribution is -2.13. The zero-order chi connectivity index (χ0) is 11.5. The Bertz CT molecular complexity index is 465. The normalized spacial score (nSPS) is 12.7. The zero-order valence-electron chi connectivity index (χ0n) is 9.11. The number of halogens is 1. The summed E-state index contributed by atoms with van der Waals surface area (Å²) >= 11 is 5.26. The maximum Gasteiger partial charge on any atom is 0.0336 e. The van der Waals surface area contributed by atoms with Gasteiger partial charge in [-0.15, -0.1) is 0 Å². The second kappa shape index (κ2) is 5.13. The van der Waals surface area contributed by atoms with Gasteiger partial charge in [0.15, 0.2) is 0 Å². The molecule has 0 fully saturated rings. The molecule has 1 aromatic heterocycles. The molecule has 0 amide bonds. The highest BCUT2D eigenvalue weighted by atomic mass is 79.9. The van der Waals surface area contributed by atoms with Crippen molar-refractivity contribution in [2.45, 2.75) is 19.4 Å². The van der Waals surface area contributed by atoms with E-state index < -0.39 is 0 Å². The average molecular weight is 296 g/mol. The Morgan fingerprint density at radius 1 is 1.38 bits per heavy atom. The van der Waals surface area contributed by atoms with Crippen LogP contribution in [0.4, 0.5) is 0 Å². The molecule has 0 radical (unpaired) electrons. The van der Waals surface area contributed by atoms with Crippen LogP contribution in [0.5, 0.6) is 0 Å². The third-order valence-electron chi connectivity index (χ3n) is 2.66. The minimum atomic E-state index is 0.0755. The van der Waals surface area contributed by atoms with E-state index >= 15 is 0 Å². The summed E-state index contributed by atoms with van der Waals surface area (Å²) in [5.41, 5.74) is 9.93. The molecule has 0 aliphatic heterocycles. The second-order valence-electron chi connectivity index (χ2n) is 3.95. The van der Waals surface area contributed by atoms with E-state index in [4.69, 9.17) is 5.73 Å². The maximum atomic E-state index is 6.19. The Labute approximate surface area is 108 Å². The SMILES string of the molecule is Cc1ccc(C(N)Cc2ccsc2)cc1Br. The van der Waals surface area contributed by atoms with Crippen LogP contribution in [0, 0.1) is 6.92 Å². The van der Waals surface area contributed by atoms with Gasteiger partial charge in [0.1, 0.15) is 0 Å². The van der Waals surface area contributed by atoms with Gasteiger partial charge in [-0.25, -0.2) is 0 Å². The molecule has 0 aliphatic carbocycles. The van der Waals surface area contributed by atoms with Crippen molar-refractivity contribution in [2.24, 2.45) is 5.73 Å². The van der Waals surface area contributed by atoms with Gasteiger partial charge in [0, 0.05) is 10.5 Å². The Balaban J connectivity index is 2.14. The van der Waals surface area contributed by atoms with Gasteiger partial charge >= 0.3 is 0 Å². The third kappa shape index (κ3) is 2.73. The van der Waals surface area contributed by atoms with Gasteiger partial charge in [0.2, 0.25) is 0 Å². The number of nitrogens with two attached hydrogens (primary N) is 1. The number of aryl methyl sites for hydroxylation is 1. The first kappa shape index (κ1) is 11.8. The van der Waals surface area contributed by atoms with Crippen molar-refractivity contribution in [3.63, 3.8) is 0 Å². The number of benzene rings is 1. The van der Waals surface area contributed by atoms with Crippen LogP contribution in [-0.4, -0.2) is 0 Å². The standard InChI is InChI=1S/C13H14BrNS/c1-9-2-3-11(7-12(9)14)13(15)6-10-4-5-16-8-10/h2-5,7-8,13H,6,15H2,1H3. The Morgan fingerprint density at radius 2 is 2.19 bits per heavy atom. The van der Waals surface area contributed by atoms with Gasteiger partial charge in [-0.3, -0.25) is 0 Å². The van der Waals surface area contributed by atoms with Gasteiger partial charge in [-0.05, 0) is 52.9 Å². The molecule has 2 N–H and O–H groups in total. The Kier molecular flexibility index (Phi) is 3.79. The molecule has 84 valence electrons. The lowest BCUT2D eigenvalue weighted by atomic mass is 10.0. The summed E-state index contributed by atoms with van der Waals surface area (Å²) in [6.45, 7) is 2.08. The monoisotopic (exact) mass is 295 g/mol. The van der Waals surface area contributed by atoms with Gasteiger partial charge < -0.3 is 5.73 Å². The van der Waals surface area contributed by atoms with Gasteiger partial charge in [-0.2, -0.15) is 11.3 Å². The van der Waals surface area contributed by atoms with Crippen LogP contribution in [0.1, 0.15) is 22.7 Å². The van der Waals surface area contributed by atoms with Crippen molar-refractivity contribution in [3.05, 3.63) is 56.2 Å². The van der Waals surface area contributed by atoms with Crippen LogP contribution in [0.2, 0.25) is 0 Å². The Morgan fingerprint density at radius 3 is 2.81 bits per heavy atom. The fourth-order valence-corrected chi connectivity index (χ4v) is 2.70. The molecule has 3 heteroatoms. The minimum absolute atomic E-state index is 0.0755. The molecule has 1 heterocycles. The van der Waals surface area contributed by atoms with E-state index in [0.29, 0.717) is 0 Å². The van der Waals surface area contributed by atoms with Gasteiger partial charge in [-0.1, -0.05) is 28.1 Å². The molecule has 1 unspecified atom stereocenters. The fraction of sp³-hybridized carbons (Fsp3) is 0.231. The molecule has 1 atom stereocenters. The van der Waals surface area contributed by atoms with Crippen molar-refractivity contribution >= 4 is 27.3 Å². The van der Waals surface area contributed by atoms with Crippen LogP contribution < -0.4 is 5.73 Å². The molecule has 2 aromatic rings. The van der Waals surface area contributed by atoms with E-state index in [2.05, 4.69) is 57.9 Å². The van der Waals surface area contributed by atoms with E-state index in [9.17, 15) is 0 Å². The van der Waals surface area contributed by atoms with E-state index in [-0.39, 0.29) is 6.04 Å². The van der Waals surface area contributed by atoms with E-state index in [1.165, 1.54) is 16.7 Å². The first-order chi connectivity index (χ1) is 7.66. The first-order valence-corrected chi connectivity index (χ1v) is 6.93. The number of thiophene rings is 1. The van der Waals surface area contributed by atoms with E-state index in [0.717, 1.165) is 10.9 Å². The highest BCUT2D eigenvalue weighted by Gasteiger charge is 2.08. The molecular weight excluding hydrogens is 282 g/mol. The highest BCUT2D eigenvalue weighted by molar-refractivity contribution is 9.10. The summed E-state index contributed by atoms with van der Waals surface area (Å²) in [5.74, 6) is 0. The van der Waals surface area contributed by atoms with Gasteiger partial charge in [0.05, 0.1) is 0 Å². The van der Waals surface area contributed by atoms with Crippen LogP contribution in [0.3, 0.4) is 0 Å². The molecule has 0 bridgehead atoms. The summed E-state index contributed by atoms with van der Waals surface area (Å²) < 4.78 is 1.13. The molecule has 1 nitrogen and oxygen atoms in total. The summed E-state index contributed by atoms with van der Waals surface area (Å²) in [5, 5.41) is 4.25. The summed E-state index contributed by atoms with van der Waals surface area (Å²) in [6.07, 6.45) is 0.902. The highest BCUT2D eigenvalue weighted by Crippen LogP contribution is 2.23. The van der Waals surface area contributed by atoms with E-state index in [1.807, 2.05) is 0 Å². The van der Waals surface area contributed by atoms with Crippen molar-refractivity contribution in [2.75, 3.05) is 0 Å². The second-order valence-corrected chi connectivity index (χ2v) is 5.59.